The van der Waals surface area contributed by atoms with E-state index < -0.39 is 0 Å². The number of nitrogens with one attached hydrogen (secondary N) is 1. The van der Waals surface area contributed by atoms with Crippen molar-refractivity contribution in [3.05, 3.63) is 46.2 Å². The molecule has 5 nitrogen and oxygen atoms in total. The molecular weight excluding hydrogens is 254 g/mol. The van der Waals surface area contributed by atoms with E-state index in [1.165, 1.54) is 4.57 Å². The lowest BCUT2D eigenvalue weighted by Gasteiger charge is -2.12. The number of pyridine rings is 1. The van der Waals surface area contributed by atoms with Crippen molar-refractivity contribution in [1.29, 1.82) is 0 Å². The summed E-state index contributed by atoms with van der Waals surface area (Å²) in [5.41, 5.74) is 6.68. The van der Waals surface area contributed by atoms with Gasteiger partial charge in [-0.1, -0.05) is 25.1 Å². The van der Waals surface area contributed by atoms with E-state index in [0.717, 1.165) is 17.3 Å². The lowest BCUT2D eigenvalue weighted by atomic mass is 10.1. The molecule has 0 atom stereocenters. The van der Waals surface area contributed by atoms with Crippen molar-refractivity contribution in [3.63, 3.8) is 0 Å². The maximum absolute atomic E-state index is 12.3. The van der Waals surface area contributed by atoms with Gasteiger partial charge in [-0.2, -0.15) is 0 Å². The van der Waals surface area contributed by atoms with Crippen LogP contribution < -0.4 is 16.6 Å². The van der Waals surface area contributed by atoms with E-state index in [1.54, 1.807) is 6.07 Å². The molecule has 1 heterocycles. The van der Waals surface area contributed by atoms with E-state index in [0.29, 0.717) is 12.1 Å². The molecular formula is C15H19N3O2. The molecule has 0 radical (unpaired) electrons. The topological polar surface area (TPSA) is 77.1 Å². The predicted molar refractivity (Wildman–Crippen MR) is 79.4 cm³/mol. The highest BCUT2D eigenvalue weighted by molar-refractivity contribution is 5.82. The molecule has 0 saturated carbocycles. The molecule has 1 amide bonds. The van der Waals surface area contributed by atoms with E-state index in [2.05, 4.69) is 5.32 Å². The third kappa shape index (κ3) is 2.88. The first-order chi connectivity index (χ1) is 9.67. The molecule has 2 aromatic rings. The highest BCUT2D eigenvalue weighted by Gasteiger charge is 2.11. The van der Waals surface area contributed by atoms with Crippen molar-refractivity contribution >= 4 is 16.8 Å². The minimum Gasteiger partial charge on any atom is -0.355 e. The van der Waals surface area contributed by atoms with Gasteiger partial charge in [-0.05, 0) is 23.9 Å². The van der Waals surface area contributed by atoms with Gasteiger partial charge in [0.2, 0.25) is 5.91 Å². The van der Waals surface area contributed by atoms with Crippen molar-refractivity contribution < 1.29 is 4.79 Å². The number of fused-ring (bicyclic) bond motifs is 1. The Bertz CT molecular complexity index is 676. The molecule has 0 aliphatic carbocycles. The highest BCUT2D eigenvalue weighted by atomic mass is 16.2. The quantitative estimate of drug-likeness (QED) is 0.852. The van der Waals surface area contributed by atoms with Crippen molar-refractivity contribution in [1.82, 2.24) is 9.88 Å². The van der Waals surface area contributed by atoms with Crippen LogP contribution in [0.2, 0.25) is 0 Å². The number of para-hydroxylation sites is 1. The molecule has 106 valence electrons. The van der Waals surface area contributed by atoms with Crippen LogP contribution in [0.3, 0.4) is 0 Å². The standard InChI is InChI=1S/C15H19N3O2/c1-2-7-17-14(19)10-18-13-6-4-3-5-11(13)8-12(9-16)15(18)20/h3-6,8H,2,7,9-10,16H2,1H3,(H,17,19). The monoisotopic (exact) mass is 273 g/mol. The number of hydrogen-bond acceptors (Lipinski definition) is 3. The smallest absolute Gasteiger partial charge is 0.256 e. The maximum atomic E-state index is 12.3. The van der Waals surface area contributed by atoms with Gasteiger partial charge in [0.25, 0.3) is 5.56 Å². The van der Waals surface area contributed by atoms with Gasteiger partial charge in [-0.3, -0.25) is 14.2 Å². The lowest BCUT2D eigenvalue weighted by Crippen LogP contribution is -2.34. The zero-order valence-electron chi connectivity index (χ0n) is 11.6. The van der Waals surface area contributed by atoms with Gasteiger partial charge in [0, 0.05) is 18.7 Å². The number of carbonyl (C=O) groups is 1. The maximum Gasteiger partial charge on any atom is 0.256 e. The minimum atomic E-state index is -0.196. The summed E-state index contributed by atoms with van der Waals surface area (Å²) in [6, 6.07) is 9.29. The van der Waals surface area contributed by atoms with Crippen LogP contribution in [0, 0.1) is 0 Å². The van der Waals surface area contributed by atoms with E-state index in [4.69, 9.17) is 5.73 Å². The van der Waals surface area contributed by atoms with E-state index in [-0.39, 0.29) is 24.6 Å². The summed E-state index contributed by atoms with van der Waals surface area (Å²) in [5.74, 6) is -0.159. The molecule has 0 aliphatic heterocycles. The Morgan fingerprint density at radius 1 is 1.35 bits per heavy atom. The van der Waals surface area contributed by atoms with Crippen molar-refractivity contribution in [2.24, 2.45) is 5.73 Å². The Morgan fingerprint density at radius 2 is 2.10 bits per heavy atom. The van der Waals surface area contributed by atoms with Crippen molar-refractivity contribution in [2.75, 3.05) is 6.54 Å². The molecule has 0 saturated heterocycles. The Morgan fingerprint density at radius 3 is 2.80 bits per heavy atom. The highest BCUT2D eigenvalue weighted by Crippen LogP contribution is 2.13. The summed E-state index contributed by atoms with van der Waals surface area (Å²) in [6.07, 6.45) is 0.865. The van der Waals surface area contributed by atoms with Gasteiger partial charge in [-0.15, -0.1) is 0 Å². The lowest BCUT2D eigenvalue weighted by molar-refractivity contribution is -0.121. The Balaban J connectivity index is 2.47. The molecule has 1 aromatic heterocycles. The number of hydrogen-bond donors (Lipinski definition) is 2. The van der Waals surface area contributed by atoms with Crippen molar-refractivity contribution in [3.8, 4) is 0 Å². The third-order valence-corrected chi connectivity index (χ3v) is 3.17. The first-order valence-electron chi connectivity index (χ1n) is 6.75. The molecule has 0 unspecified atom stereocenters. The van der Waals surface area contributed by atoms with Crippen LogP contribution >= 0.6 is 0 Å². The molecule has 2 rings (SSSR count). The Labute approximate surface area is 117 Å². The number of nitrogens with two attached hydrogens (primary N) is 1. The largest absolute Gasteiger partial charge is 0.355 e. The van der Waals surface area contributed by atoms with Gasteiger partial charge in [0.15, 0.2) is 0 Å². The fourth-order valence-electron chi connectivity index (χ4n) is 2.15. The number of carbonyl (C=O) groups excluding carboxylic acids is 1. The fraction of sp³-hybridized carbons (Fsp3) is 0.333. The summed E-state index contributed by atoms with van der Waals surface area (Å²) in [5, 5.41) is 3.69. The summed E-state index contributed by atoms with van der Waals surface area (Å²) >= 11 is 0. The van der Waals surface area contributed by atoms with Gasteiger partial charge < -0.3 is 11.1 Å². The van der Waals surface area contributed by atoms with E-state index in [9.17, 15) is 9.59 Å². The van der Waals surface area contributed by atoms with Crippen LogP contribution in [0.5, 0.6) is 0 Å². The molecule has 0 bridgehead atoms. The van der Waals surface area contributed by atoms with Crippen LogP contribution in [-0.2, 0) is 17.9 Å². The molecule has 20 heavy (non-hydrogen) atoms. The number of nitrogens with zero attached hydrogens (tertiary/aromatic N) is 1. The van der Waals surface area contributed by atoms with Crippen LogP contribution in [0.25, 0.3) is 10.9 Å². The Hall–Kier alpha value is -2.14. The van der Waals surface area contributed by atoms with Gasteiger partial charge in [-0.25, -0.2) is 0 Å². The molecule has 3 N–H and O–H groups in total. The van der Waals surface area contributed by atoms with Gasteiger partial charge in [0.1, 0.15) is 6.54 Å². The van der Waals surface area contributed by atoms with Gasteiger partial charge in [0.05, 0.1) is 5.52 Å². The summed E-state index contributed by atoms with van der Waals surface area (Å²) in [6.45, 7) is 2.78. The number of rotatable bonds is 5. The van der Waals surface area contributed by atoms with Crippen LogP contribution in [0.15, 0.2) is 35.1 Å². The van der Waals surface area contributed by atoms with Crippen LogP contribution in [-0.4, -0.2) is 17.0 Å². The number of benzene rings is 1. The zero-order valence-corrected chi connectivity index (χ0v) is 11.6. The SMILES string of the molecule is CCCNC(=O)Cn1c(=O)c(CN)cc2ccccc21. The van der Waals surface area contributed by atoms with Crippen LogP contribution in [0.1, 0.15) is 18.9 Å². The zero-order chi connectivity index (χ0) is 14.5. The van der Waals surface area contributed by atoms with E-state index in [1.807, 2.05) is 31.2 Å². The molecule has 0 fully saturated rings. The molecule has 5 heteroatoms. The summed E-state index contributed by atoms with van der Waals surface area (Å²) in [4.78, 5) is 24.2. The number of amides is 1. The Kier molecular flexibility index (Phi) is 4.53. The van der Waals surface area contributed by atoms with Crippen molar-refractivity contribution in [2.45, 2.75) is 26.4 Å². The fourth-order valence-corrected chi connectivity index (χ4v) is 2.15. The second-order valence-electron chi connectivity index (χ2n) is 4.67. The molecule has 0 aliphatic rings. The van der Waals surface area contributed by atoms with Crippen LogP contribution in [0.4, 0.5) is 0 Å². The first kappa shape index (κ1) is 14.3. The first-order valence-corrected chi connectivity index (χ1v) is 6.75. The number of aromatic nitrogens is 1. The predicted octanol–water partition coefficient (Wildman–Crippen LogP) is 0.986. The molecule has 0 spiro atoms. The minimum absolute atomic E-state index is 0.0210. The third-order valence-electron chi connectivity index (χ3n) is 3.17. The summed E-state index contributed by atoms with van der Waals surface area (Å²) < 4.78 is 1.49. The van der Waals surface area contributed by atoms with E-state index >= 15 is 0 Å². The normalized spacial score (nSPS) is 10.7. The van der Waals surface area contributed by atoms with Gasteiger partial charge >= 0.3 is 0 Å². The average molecular weight is 273 g/mol. The average Bonchev–Trinajstić information content (AvgIpc) is 2.47. The second-order valence-corrected chi connectivity index (χ2v) is 4.67. The summed E-state index contributed by atoms with van der Waals surface area (Å²) in [7, 11) is 0. The second kappa shape index (κ2) is 6.34. The molecule has 1 aromatic carbocycles.